The van der Waals surface area contributed by atoms with Gasteiger partial charge in [-0.1, -0.05) is 23.7 Å². The minimum Gasteiger partial charge on any atom is -0.465 e. The Hall–Kier alpha value is -2.18. The van der Waals surface area contributed by atoms with Gasteiger partial charge in [0.2, 0.25) is 0 Å². The van der Waals surface area contributed by atoms with Crippen LogP contribution in [0.4, 0.5) is 5.69 Å². The smallest absolute Gasteiger partial charge is 0.355 e. The van der Waals surface area contributed by atoms with E-state index in [1.165, 1.54) is 25.2 Å². The molecule has 0 amide bonds. The molecule has 0 fully saturated rings. The summed E-state index contributed by atoms with van der Waals surface area (Å²) in [6.07, 6.45) is 6.35. The van der Waals surface area contributed by atoms with Crippen molar-refractivity contribution >= 4 is 41.9 Å². The molecule has 5 nitrogen and oxygen atoms in total. The Morgan fingerprint density at radius 2 is 1.83 bits per heavy atom. The lowest BCUT2D eigenvalue weighted by molar-refractivity contribution is -0.139. The minimum absolute atomic E-state index is 0.00671. The molecule has 2 rings (SSSR count). The van der Waals surface area contributed by atoms with Gasteiger partial charge in [0.05, 0.1) is 30.5 Å². The van der Waals surface area contributed by atoms with Crippen LogP contribution >= 0.6 is 24.2 Å². The first-order valence-corrected chi connectivity index (χ1v) is 7.36. The summed E-state index contributed by atoms with van der Waals surface area (Å²) >= 11 is 10.6. The third-order valence-electron chi connectivity index (χ3n) is 3.10. The van der Waals surface area contributed by atoms with E-state index in [0.717, 1.165) is 0 Å². The van der Waals surface area contributed by atoms with Crippen LogP contribution in [0.1, 0.15) is 0 Å². The van der Waals surface area contributed by atoms with Crippen molar-refractivity contribution in [2.75, 3.05) is 19.1 Å². The molecule has 0 atom stereocenters. The zero-order valence-corrected chi connectivity index (χ0v) is 14.1. The molecule has 1 aromatic rings. The summed E-state index contributed by atoms with van der Waals surface area (Å²) in [5.41, 5.74) is 0.504. The van der Waals surface area contributed by atoms with E-state index in [0.29, 0.717) is 15.6 Å². The maximum atomic E-state index is 12.3. The van der Waals surface area contributed by atoms with E-state index in [9.17, 15) is 9.59 Å². The van der Waals surface area contributed by atoms with Crippen molar-refractivity contribution in [1.29, 1.82) is 0 Å². The number of anilines is 1. The summed E-state index contributed by atoms with van der Waals surface area (Å²) in [5.74, 6) is -1.36. The Morgan fingerprint density at radius 1 is 1.13 bits per heavy atom. The van der Waals surface area contributed by atoms with Crippen molar-refractivity contribution in [1.82, 2.24) is 0 Å². The van der Waals surface area contributed by atoms with Gasteiger partial charge in [0.25, 0.3) is 0 Å². The number of para-hydroxylation sites is 1. The van der Waals surface area contributed by atoms with Gasteiger partial charge in [0.15, 0.2) is 0 Å². The number of hydrogen-bond acceptors (Lipinski definition) is 6. The highest BCUT2D eigenvalue weighted by atomic mass is 35.5. The average Bonchev–Trinajstić information content (AvgIpc) is 2.76. The normalized spacial score (nSPS) is 13.8. The van der Waals surface area contributed by atoms with Crippen LogP contribution in [0.25, 0.3) is 0 Å². The molecule has 0 aromatic heterocycles. The summed E-state index contributed by atoms with van der Waals surface area (Å²) in [5, 5.41) is 0.370. The van der Waals surface area contributed by atoms with Gasteiger partial charge >= 0.3 is 11.9 Å². The van der Waals surface area contributed by atoms with Gasteiger partial charge in [-0.2, -0.15) is 0 Å². The predicted molar refractivity (Wildman–Crippen MR) is 90.5 cm³/mol. The van der Waals surface area contributed by atoms with Crippen LogP contribution in [0.2, 0.25) is 5.02 Å². The number of carbonyl (C=O) groups is 2. The molecule has 0 saturated heterocycles. The molecule has 1 aliphatic heterocycles. The molecule has 0 saturated carbocycles. The summed E-state index contributed by atoms with van der Waals surface area (Å²) in [6, 6.07) is 5.12. The lowest BCUT2D eigenvalue weighted by Crippen LogP contribution is -2.27. The van der Waals surface area contributed by atoms with Gasteiger partial charge in [0.1, 0.15) is 5.70 Å². The van der Waals surface area contributed by atoms with Crippen molar-refractivity contribution in [2.45, 2.75) is 4.90 Å². The van der Waals surface area contributed by atoms with Crippen LogP contribution in [0, 0.1) is 0 Å². The minimum atomic E-state index is -0.700. The average molecular weight is 352 g/mol. The van der Waals surface area contributed by atoms with Crippen LogP contribution < -0.4 is 4.90 Å². The zero-order chi connectivity index (χ0) is 17.0. The second-order valence-corrected chi connectivity index (χ2v) is 5.31. The summed E-state index contributed by atoms with van der Waals surface area (Å²) in [4.78, 5) is 26.3. The molecular formula is C16H14ClNO4S. The molecule has 0 aliphatic carbocycles. The fourth-order valence-electron chi connectivity index (χ4n) is 2.08. The maximum Gasteiger partial charge on any atom is 0.355 e. The number of thiol groups is 1. The number of rotatable bonds is 3. The number of benzene rings is 1. The van der Waals surface area contributed by atoms with E-state index >= 15 is 0 Å². The lowest BCUT2D eigenvalue weighted by Gasteiger charge is -2.25. The second kappa shape index (κ2) is 7.39. The number of carbonyl (C=O) groups excluding carboxylic acids is 2. The largest absolute Gasteiger partial charge is 0.465 e. The SMILES string of the molecule is COC(=O)C1=C(C(=O)OC)N(c2c(S)cccc2Cl)C=CC=C1. The van der Waals surface area contributed by atoms with Crippen LogP contribution in [0.3, 0.4) is 0 Å². The molecule has 0 N–H and O–H groups in total. The molecule has 0 spiro atoms. The number of allylic oxidation sites excluding steroid dienone is 2. The van der Waals surface area contributed by atoms with Crippen molar-refractivity contribution < 1.29 is 19.1 Å². The van der Waals surface area contributed by atoms with Gasteiger partial charge in [-0.25, -0.2) is 9.59 Å². The maximum absolute atomic E-state index is 12.3. The molecule has 0 bridgehead atoms. The number of halogens is 1. The number of methoxy groups -OCH3 is 2. The highest BCUT2D eigenvalue weighted by Gasteiger charge is 2.29. The first-order chi connectivity index (χ1) is 11.0. The van der Waals surface area contributed by atoms with Crippen molar-refractivity contribution in [3.8, 4) is 0 Å². The van der Waals surface area contributed by atoms with E-state index in [2.05, 4.69) is 12.6 Å². The molecular weight excluding hydrogens is 338 g/mol. The highest BCUT2D eigenvalue weighted by molar-refractivity contribution is 7.80. The quantitative estimate of drug-likeness (QED) is 0.670. The van der Waals surface area contributed by atoms with Gasteiger partial charge in [-0.15, -0.1) is 12.6 Å². The first kappa shape index (κ1) is 17.2. The fourth-order valence-corrected chi connectivity index (χ4v) is 2.72. The first-order valence-electron chi connectivity index (χ1n) is 6.53. The monoisotopic (exact) mass is 351 g/mol. The Kier molecular flexibility index (Phi) is 5.52. The van der Waals surface area contributed by atoms with Crippen molar-refractivity contribution in [2.24, 2.45) is 0 Å². The van der Waals surface area contributed by atoms with E-state index in [-0.39, 0.29) is 11.3 Å². The number of hydrogen-bond donors (Lipinski definition) is 1. The van der Waals surface area contributed by atoms with E-state index in [1.807, 2.05) is 0 Å². The molecule has 0 unspecified atom stereocenters. The van der Waals surface area contributed by atoms with E-state index < -0.39 is 11.9 Å². The van der Waals surface area contributed by atoms with Crippen molar-refractivity contribution in [3.05, 3.63) is 58.9 Å². The summed E-state index contributed by atoms with van der Waals surface area (Å²) < 4.78 is 9.57. The molecule has 23 heavy (non-hydrogen) atoms. The van der Waals surface area contributed by atoms with Gasteiger partial charge in [-0.05, 0) is 24.3 Å². The van der Waals surface area contributed by atoms with Crippen LogP contribution in [0.5, 0.6) is 0 Å². The number of esters is 2. The Labute approximate surface area is 144 Å². The lowest BCUT2D eigenvalue weighted by atomic mass is 10.1. The molecule has 7 heteroatoms. The topological polar surface area (TPSA) is 55.8 Å². The third kappa shape index (κ3) is 3.43. The van der Waals surface area contributed by atoms with Crippen LogP contribution in [-0.2, 0) is 19.1 Å². The van der Waals surface area contributed by atoms with E-state index in [1.54, 1.807) is 36.6 Å². The second-order valence-electron chi connectivity index (χ2n) is 4.42. The summed E-state index contributed by atoms with van der Waals surface area (Å²) in [6.45, 7) is 0. The number of ether oxygens (including phenoxy) is 2. The standard InChI is InChI=1S/C16H14ClNO4S/c1-21-15(19)10-6-3-4-9-18(13(10)16(20)22-2)14-11(17)7-5-8-12(14)23/h3-9,23H,1-2H3. The van der Waals surface area contributed by atoms with Crippen LogP contribution in [0.15, 0.2) is 58.8 Å². The predicted octanol–water partition coefficient (Wildman–Crippen LogP) is 3.12. The molecule has 1 aliphatic rings. The fraction of sp³-hybridized carbons (Fsp3) is 0.125. The van der Waals surface area contributed by atoms with E-state index in [4.69, 9.17) is 21.1 Å². The van der Waals surface area contributed by atoms with Crippen LogP contribution in [-0.4, -0.2) is 26.2 Å². The van der Waals surface area contributed by atoms with Gasteiger partial charge < -0.3 is 14.4 Å². The Bertz CT molecular complexity index is 719. The summed E-state index contributed by atoms with van der Waals surface area (Å²) in [7, 11) is 2.47. The van der Waals surface area contributed by atoms with Gasteiger partial charge in [-0.3, -0.25) is 0 Å². The van der Waals surface area contributed by atoms with Gasteiger partial charge in [0, 0.05) is 11.1 Å². The Balaban J connectivity index is 2.74. The van der Waals surface area contributed by atoms with Crippen molar-refractivity contribution in [3.63, 3.8) is 0 Å². The highest BCUT2D eigenvalue weighted by Crippen LogP contribution is 2.36. The molecule has 1 aromatic carbocycles. The number of nitrogens with zero attached hydrogens (tertiary/aromatic N) is 1. The third-order valence-corrected chi connectivity index (χ3v) is 3.76. The Morgan fingerprint density at radius 3 is 2.43 bits per heavy atom. The molecule has 0 radical (unpaired) electrons. The molecule has 120 valence electrons. The molecule has 1 heterocycles. The zero-order valence-electron chi connectivity index (χ0n) is 12.4.